The average Bonchev–Trinajstić information content (AvgIpc) is 2.50. The molecule has 0 aromatic carbocycles. The van der Waals surface area contributed by atoms with Gasteiger partial charge < -0.3 is 4.90 Å². The van der Waals surface area contributed by atoms with E-state index in [1.807, 2.05) is 13.0 Å². The Kier molecular flexibility index (Phi) is 4.14. The van der Waals surface area contributed by atoms with E-state index in [-0.39, 0.29) is 5.78 Å². The average molecular weight is 225 g/mol. The van der Waals surface area contributed by atoms with Gasteiger partial charge in [-0.05, 0) is 12.8 Å². The molecule has 0 unspecified atom stereocenters. The SMILES string of the molecule is CCC(=O)/C=C1/CCCN1C[Si](C)(C)C. The van der Waals surface area contributed by atoms with E-state index in [0.29, 0.717) is 6.42 Å². The molecule has 0 bridgehead atoms. The predicted molar refractivity (Wildman–Crippen MR) is 67.5 cm³/mol. The Labute approximate surface area is 94.4 Å². The van der Waals surface area contributed by atoms with Crippen LogP contribution in [0.5, 0.6) is 0 Å². The fourth-order valence-electron chi connectivity index (χ4n) is 1.96. The minimum atomic E-state index is -1.05. The Bertz CT molecular complexity index is 265. The van der Waals surface area contributed by atoms with E-state index >= 15 is 0 Å². The molecule has 1 aliphatic rings. The minimum Gasteiger partial charge on any atom is -0.378 e. The second kappa shape index (κ2) is 4.97. The second-order valence-electron chi connectivity index (χ2n) is 5.54. The first-order valence-corrected chi connectivity index (χ1v) is 9.61. The van der Waals surface area contributed by atoms with E-state index < -0.39 is 8.07 Å². The first-order valence-electron chi connectivity index (χ1n) is 5.91. The van der Waals surface area contributed by atoms with Gasteiger partial charge in [-0.3, -0.25) is 4.79 Å². The molecule has 0 N–H and O–H groups in total. The number of hydrogen-bond donors (Lipinski definition) is 0. The number of allylic oxidation sites excluding steroid dienone is 2. The Morgan fingerprint density at radius 1 is 1.47 bits per heavy atom. The summed E-state index contributed by atoms with van der Waals surface area (Å²) < 4.78 is 0. The van der Waals surface area contributed by atoms with Crippen molar-refractivity contribution in [2.45, 2.75) is 45.8 Å². The number of nitrogens with zero attached hydrogens (tertiary/aromatic N) is 1. The van der Waals surface area contributed by atoms with Crippen molar-refractivity contribution in [2.24, 2.45) is 0 Å². The van der Waals surface area contributed by atoms with E-state index in [0.717, 1.165) is 13.0 Å². The molecule has 0 radical (unpaired) electrons. The summed E-state index contributed by atoms with van der Waals surface area (Å²) in [5.74, 6) is 0.271. The van der Waals surface area contributed by atoms with Crippen molar-refractivity contribution in [2.75, 3.05) is 12.7 Å². The highest BCUT2D eigenvalue weighted by Crippen LogP contribution is 2.22. The summed E-state index contributed by atoms with van der Waals surface area (Å²) in [6.07, 6.45) is 6.00. The van der Waals surface area contributed by atoms with Crippen molar-refractivity contribution >= 4 is 13.9 Å². The van der Waals surface area contributed by atoms with Gasteiger partial charge in [0.15, 0.2) is 5.78 Å². The molecular weight excluding hydrogens is 202 g/mol. The highest BCUT2D eigenvalue weighted by Gasteiger charge is 2.23. The Morgan fingerprint density at radius 3 is 2.67 bits per heavy atom. The molecule has 0 aromatic rings. The van der Waals surface area contributed by atoms with Crippen LogP contribution in [0.4, 0.5) is 0 Å². The largest absolute Gasteiger partial charge is 0.378 e. The van der Waals surface area contributed by atoms with E-state index in [2.05, 4.69) is 24.5 Å². The number of ketones is 1. The third-order valence-electron chi connectivity index (χ3n) is 2.61. The number of likely N-dealkylation sites (tertiary alicyclic amines) is 1. The molecule has 86 valence electrons. The molecule has 3 heteroatoms. The number of carbonyl (C=O) groups is 1. The van der Waals surface area contributed by atoms with Crippen molar-refractivity contribution in [3.05, 3.63) is 11.8 Å². The zero-order valence-electron chi connectivity index (χ0n) is 10.5. The normalized spacial score (nSPS) is 20.0. The van der Waals surface area contributed by atoms with Crippen LogP contribution in [-0.4, -0.2) is 31.5 Å². The van der Waals surface area contributed by atoms with Gasteiger partial charge in [0.1, 0.15) is 0 Å². The predicted octanol–water partition coefficient (Wildman–Crippen LogP) is 2.82. The monoisotopic (exact) mass is 225 g/mol. The first-order chi connectivity index (χ1) is 6.92. The third-order valence-corrected chi connectivity index (χ3v) is 3.94. The maximum atomic E-state index is 11.4. The molecule has 1 aliphatic heterocycles. The highest BCUT2D eigenvalue weighted by molar-refractivity contribution is 6.76. The first kappa shape index (κ1) is 12.5. The highest BCUT2D eigenvalue weighted by atomic mass is 28.3. The fourth-order valence-corrected chi connectivity index (χ4v) is 3.46. The fraction of sp³-hybridized carbons (Fsp3) is 0.750. The molecule has 0 atom stereocenters. The molecule has 2 nitrogen and oxygen atoms in total. The van der Waals surface area contributed by atoms with Crippen LogP contribution in [0.3, 0.4) is 0 Å². The summed E-state index contributed by atoms with van der Waals surface area (Å²) in [6.45, 7) is 10.2. The van der Waals surface area contributed by atoms with Gasteiger partial charge in [-0.15, -0.1) is 0 Å². The number of rotatable bonds is 4. The van der Waals surface area contributed by atoms with Crippen molar-refractivity contribution in [1.29, 1.82) is 0 Å². The summed E-state index contributed by atoms with van der Waals surface area (Å²) in [5.41, 5.74) is 1.28. The minimum absolute atomic E-state index is 0.271. The molecule has 1 fully saturated rings. The zero-order valence-corrected chi connectivity index (χ0v) is 11.5. The lowest BCUT2D eigenvalue weighted by Gasteiger charge is -2.27. The van der Waals surface area contributed by atoms with Crippen molar-refractivity contribution in [3.8, 4) is 0 Å². The van der Waals surface area contributed by atoms with E-state index in [4.69, 9.17) is 0 Å². The standard InChI is InChI=1S/C12H23NOSi/c1-5-12(14)9-11-7-6-8-13(11)10-15(2,3)4/h9H,5-8,10H2,1-4H3/b11-9-. The van der Waals surface area contributed by atoms with Crippen molar-refractivity contribution < 1.29 is 4.79 Å². The Hall–Kier alpha value is -0.573. The molecule has 1 rings (SSSR count). The van der Waals surface area contributed by atoms with Crippen LogP contribution in [0.25, 0.3) is 0 Å². The lowest BCUT2D eigenvalue weighted by atomic mass is 10.2. The van der Waals surface area contributed by atoms with Gasteiger partial charge in [0.25, 0.3) is 0 Å². The summed E-state index contributed by atoms with van der Waals surface area (Å²) in [6, 6.07) is 0. The van der Waals surface area contributed by atoms with Crippen LogP contribution in [-0.2, 0) is 4.79 Å². The molecule has 1 saturated heterocycles. The van der Waals surface area contributed by atoms with Crippen LogP contribution in [0.15, 0.2) is 11.8 Å². The molecule has 0 amide bonds. The quantitative estimate of drug-likeness (QED) is 0.542. The van der Waals surface area contributed by atoms with Crippen LogP contribution in [0, 0.1) is 0 Å². The molecule has 15 heavy (non-hydrogen) atoms. The summed E-state index contributed by atoms with van der Waals surface area (Å²) in [7, 11) is -1.05. The van der Waals surface area contributed by atoms with Crippen molar-refractivity contribution in [1.82, 2.24) is 4.90 Å². The van der Waals surface area contributed by atoms with Gasteiger partial charge in [0, 0.05) is 30.9 Å². The number of hydrogen-bond acceptors (Lipinski definition) is 2. The zero-order chi connectivity index (χ0) is 11.5. The van der Waals surface area contributed by atoms with Gasteiger partial charge >= 0.3 is 0 Å². The molecule has 0 saturated carbocycles. The summed E-state index contributed by atoms with van der Waals surface area (Å²) >= 11 is 0. The maximum absolute atomic E-state index is 11.4. The smallest absolute Gasteiger partial charge is 0.157 e. The maximum Gasteiger partial charge on any atom is 0.157 e. The lowest BCUT2D eigenvalue weighted by Crippen LogP contribution is -2.38. The van der Waals surface area contributed by atoms with Crippen LogP contribution in [0.2, 0.25) is 19.6 Å². The Balaban J connectivity index is 2.65. The van der Waals surface area contributed by atoms with Gasteiger partial charge in [0.2, 0.25) is 0 Å². The third kappa shape index (κ3) is 4.20. The van der Waals surface area contributed by atoms with Gasteiger partial charge in [-0.2, -0.15) is 0 Å². The molecule has 0 spiro atoms. The van der Waals surface area contributed by atoms with Crippen LogP contribution in [0.1, 0.15) is 26.2 Å². The number of carbonyl (C=O) groups excluding carboxylic acids is 1. The van der Waals surface area contributed by atoms with E-state index in [1.165, 1.54) is 18.3 Å². The van der Waals surface area contributed by atoms with Crippen molar-refractivity contribution in [3.63, 3.8) is 0 Å². The van der Waals surface area contributed by atoms with Crippen LogP contribution >= 0.6 is 0 Å². The molecule has 0 aliphatic carbocycles. The van der Waals surface area contributed by atoms with Gasteiger partial charge in [-0.1, -0.05) is 26.6 Å². The molecular formula is C12H23NOSi. The van der Waals surface area contributed by atoms with E-state index in [1.54, 1.807) is 0 Å². The second-order valence-corrected chi connectivity index (χ2v) is 11.0. The lowest BCUT2D eigenvalue weighted by molar-refractivity contribution is -0.114. The van der Waals surface area contributed by atoms with Gasteiger partial charge in [0.05, 0.1) is 8.07 Å². The Morgan fingerprint density at radius 2 is 2.13 bits per heavy atom. The molecule has 0 aromatic heterocycles. The summed E-state index contributed by atoms with van der Waals surface area (Å²) in [4.78, 5) is 13.8. The van der Waals surface area contributed by atoms with Gasteiger partial charge in [-0.25, -0.2) is 0 Å². The van der Waals surface area contributed by atoms with E-state index in [9.17, 15) is 4.79 Å². The summed E-state index contributed by atoms with van der Waals surface area (Å²) in [5, 5.41) is 0. The van der Waals surface area contributed by atoms with Crippen LogP contribution < -0.4 is 0 Å². The topological polar surface area (TPSA) is 20.3 Å². The molecule has 1 heterocycles.